The quantitative estimate of drug-likeness (QED) is 0.889. The van der Waals surface area contributed by atoms with Crippen LogP contribution in [0.1, 0.15) is 5.56 Å². The van der Waals surface area contributed by atoms with Gasteiger partial charge in [-0.15, -0.1) is 0 Å². The molecule has 102 valence electrons. The number of aryl methyl sites for hydroxylation is 1. The smallest absolute Gasteiger partial charge is 0.123 e. The first-order valence-electron chi connectivity index (χ1n) is 6.79. The van der Waals surface area contributed by atoms with Crippen molar-refractivity contribution in [1.29, 1.82) is 0 Å². The molecule has 2 heterocycles. The maximum atomic E-state index is 13.4. The first kappa shape index (κ1) is 12.6. The predicted octanol–water partition coefficient (Wildman–Crippen LogP) is 1.76. The van der Waals surface area contributed by atoms with Crippen molar-refractivity contribution in [2.75, 3.05) is 26.7 Å². The minimum Gasteiger partial charge on any atom is -0.350 e. The molecule has 0 spiro atoms. The standard InChI is InChI=1S/C15H20FN3/c1-18-6-5-17-9-13(18)7-11-10-19(2)15-4-3-12(16)8-14(11)15/h3-4,8,10,13,17H,5-7,9H2,1-2H3. The van der Waals surface area contributed by atoms with Crippen LogP contribution in [-0.4, -0.2) is 42.2 Å². The number of rotatable bonds is 2. The topological polar surface area (TPSA) is 20.2 Å². The molecule has 1 atom stereocenters. The van der Waals surface area contributed by atoms with E-state index in [1.165, 1.54) is 11.6 Å². The Morgan fingerprint density at radius 3 is 3.00 bits per heavy atom. The van der Waals surface area contributed by atoms with E-state index in [0.717, 1.165) is 37.0 Å². The molecule has 0 amide bonds. The maximum Gasteiger partial charge on any atom is 0.123 e. The van der Waals surface area contributed by atoms with E-state index in [2.05, 4.69) is 28.0 Å². The van der Waals surface area contributed by atoms with Crippen molar-refractivity contribution < 1.29 is 4.39 Å². The van der Waals surface area contributed by atoms with E-state index >= 15 is 0 Å². The van der Waals surface area contributed by atoms with E-state index in [9.17, 15) is 4.39 Å². The second-order valence-corrected chi connectivity index (χ2v) is 5.47. The lowest BCUT2D eigenvalue weighted by molar-refractivity contribution is 0.199. The Morgan fingerprint density at radius 2 is 2.21 bits per heavy atom. The van der Waals surface area contributed by atoms with E-state index in [-0.39, 0.29) is 5.82 Å². The zero-order chi connectivity index (χ0) is 13.4. The van der Waals surface area contributed by atoms with Crippen LogP contribution >= 0.6 is 0 Å². The number of hydrogen-bond donors (Lipinski definition) is 1. The van der Waals surface area contributed by atoms with Crippen molar-refractivity contribution >= 4 is 10.9 Å². The fraction of sp³-hybridized carbons (Fsp3) is 0.467. The molecule has 1 unspecified atom stereocenters. The van der Waals surface area contributed by atoms with Crippen LogP contribution in [0.15, 0.2) is 24.4 Å². The summed E-state index contributed by atoms with van der Waals surface area (Å²) in [5.74, 6) is -0.157. The van der Waals surface area contributed by atoms with Gasteiger partial charge in [0.05, 0.1) is 0 Å². The van der Waals surface area contributed by atoms with Crippen molar-refractivity contribution in [2.45, 2.75) is 12.5 Å². The second-order valence-electron chi connectivity index (χ2n) is 5.47. The summed E-state index contributed by atoms with van der Waals surface area (Å²) in [5.41, 5.74) is 2.33. The van der Waals surface area contributed by atoms with Gasteiger partial charge in [-0.1, -0.05) is 0 Å². The molecule has 1 fully saturated rings. The molecule has 3 nitrogen and oxygen atoms in total. The molecule has 0 radical (unpaired) electrons. The summed E-state index contributed by atoms with van der Waals surface area (Å²) < 4.78 is 15.5. The van der Waals surface area contributed by atoms with Gasteiger partial charge in [-0.05, 0) is 37.2 Å². The van der Waals surface area contributed by atoms with Gasteiger partial charge in [0.25, 0.3) is 0 Å². The molecule has 1 aliphatic heterocycles. The number of nitrogens with zero attached hydrogens (tertiary/aromatic N) is 2. The highest BCUT2D eigenvalue weighted by Crippen LogP contribution is 2.24. The van der Waals surface area contributed by atoms with Crippen LogP contribution in [0.5, 0.6) is 0 Å². The Kier molecular flexibility index (Phi) is 3.29. The number of piperazine rings is 1. The second kappa shape index (κ2) is 4.94. The van der Waals surface area contributed by atoms with E-state index in [1.807, 2.05) is 13.1 Å². The van der Waals surface area contributed by atoms with Crippen LogP contribution in [0.3, 0.4) is 0 Å². The summed E-state index contributed by atoms with van der Waals surface area (Å²) in [5, 5.41) is 4.47. The number of fused-ring (bicyclic) bond motifs is 1. The molecular formula is C15H20FN3. The molecule has 1 aliphatic rings. The van der Waals surface area contributed by atoms with E-state index in [4.69, 9.17) is 0 Å². The third-order valence-corrected chi connectivity index (χ3v) is 4.13. The molecule has 1 aromatic heterocycles. The van der Waals surface area contributed by atoms with Crippen LogP contribution in [0.4, 0.5) is 4.39 Å². The van der Waals surface area contributed by atoms with E-state index in [1.54, 1.807) is 6.07 Å². The Hall–Kier alpha value is -1.39. The van der Waals surface area contributed by atoms with Crippen LogP contribution in [0, 0.1) is 5.82 Å². The molecule has 3 rings (SSSR count). The number of benzene rings is 1. The van der Waals surface area contributed by atoms with Gasteiger partial charge >= 0.3 is 0 Å². The predicted molar refractivity (Wildman–Crippen MR) is 75.9 cm³/mol. The first-order chi connectivity index (χ1) is 9.15. The summed E-state index contributed by atoms with van der Waals surface area (Å²) in [4.78, 5) is 2.38. The van der Waals surface area contributed by atoms with Crippen molar-refractivity contribution in [2.24, 2.45) is 7.05 Å². The molecule has 1 N–H and O–H groups in total. The van der Waals surface area contributed by atoms with Crippen LogP contribution in [0.25, 0.3) is 10.9 Å². The third kappa shape index (κ3) is 2.38. The summed E-state index contributed by atoms with van der Waals surface area (Å²) >= 11 is 0. The van der Waals surface area contributed by atoms with Gasteiger partial charge in [0.15, 0.2) is 0 Å². The van der Waals surface area contributed by atoms with E-state index < -0.39 is 0 Å². The fourth-order valence-corrected chi connectivity index (χ4v) is 2.95. The van der Waals surface area contributed by atoms with Gasteiger partial charge in [-0.2, -0.15) is 0 Å². The lowest BCUT2D eigenvalue weighted by atomic mass is 10.0. The Bertz CT molecular complexity index is 590. The lowest BCUT2D eigenvalue weighted by Gasteiger charge is -2.33. The number of nitrogens with one attached hydrogen (secondary N) is 1. The average Bonchev–Trinajstić information content (AvgIpc) is 2.69. The van der Waals surface area contributed by atoms with Crippen LogP contribution in [0.2, 0.25) is 0 Å². The number of aromatic nitrogens is 1. The largest absolute Gasteiger partial charge is 0.350 e. The molecule has 0 aliphatic carbocycles. The first-order valence-corrected chi connectivity index (χ1v) is 6.79. The van der Waals surface area contributed by atoms with Crippen molar-refractivity contribution in [3.8, 4) is 0 Å². The van der Waals surface area contributed by atoms with Gasteiger partial charge in [0.1, 0.15) is 5.82 Å². The van der Waals surface area contributed by atoms with Crippen molar-refractivity contribution in [3.63, 3.8) is 0 Å². The molecule has 4 heteroatoms. The van der Waals surface area contributed by atoms with Crippen molar-refractivity contribution in [1.82, 2.24) is 14.8 Å². The highest BCUT2D eigenvalue weighted by atomic mass is 19.1. The SMILES string of the molecule is CN1CCNCC1Cc1cn(C)c2ccc(F)cc12. The highest BCUT2D eigenvalue weighted by Gasteiger charge is 2.20. The van der Waals surface area contributed by atoms with Gasteiger partial charge in [0.2, 0.25) is 0 Å². The Labute approximate surface area is 113 Å². The normalized spacial score (nSPS) is 21.1. The van der Waals surface area contributed by atoms with Gasteiger partial charge in [-0.25, -0.2) is 4.39 Å². The third-order valence-electron chi connectivity index (χ3n) is 4.13. The minimum absolute atomic E-state index is 0.157. The lowest BCUT2D eigenvalue weighted by Crippen LogP contribution is -2.50. The van der Waals surface area contributed by atoms with Crippen molar-refractivity contribution in [3.05, 3.63) is 35.8 Å². The van der Waals surface area contributed by atoms with Crippen LogP contribution < -0.4 is 5.32 Å². The number of hydrogen-bond acceptors (Lipinski definition) is 2. The monoisotopic (exact) mass is 261 g/mol. The summed E-state index contributed by atoms with van der Waals surface area (Å²) in [6, 6.07) is 5.53. The summed E-state index contributed by atoms with van der Waals surface area (Å²) in [6.07, 6.45) is 3.09. The average molecular weight is 261 g/mol. The van der Waals surface area contributed by atoms with E-state index in [0.29, 0.717) is 6.04 Å². The molecule has 0 saturated carbocycles. The van der Waals surface area contributed by atoms with Gasteiger partial charge < -0.3 is 14.8 Å². The van der Waals surface area contributed by atoms with Crippen LogP contribution in [-0.2, 0) is 13.5 Å². The molecule has 0 bridgehead atoms. The Balaban J connectivity index is 1.94. The fourth-order valence-electron chi connectivity index (χ4n) is 2.95. The summed E-state index contributed by atoms with van der Waals surface area (Å²) in [7, 11) is 4.18. The van der Waals surface area contributed by atoms with Gasteiger partial charge in [0, 0.05) is 49.8 Å². The summed E-state index contributed by atoms with van der Waals surface area (Å²) in [6.45, 7) is 3.13. The zero-order valence-corrected chi connectivity index (χ0v) is 11.5. The highest BCUT2D eigenvalue weighted by molar-refractivity contribution is 5.84. The number of likely N-dealkylation sites (N-methyl/N-ethyl adjacent to an activating group) is 1. The minimum atomic E-state index is -0.157. The molecule has 1 saturated heterocycles. The number of halogens is 1. The molecule has 19 heavy (non-hydrogen) atoms. The molecule has 2 aromatic rings. The van der Waals surface area contributed by atoms with Gasteiger partial charge in [-0.3, -0.25) is 0 Å². The molecular weight excluding hydrogens is 241 g/mol. The Morgan fingerprint density at radius 1 is 1.37 bits per heavy atom. The maximum absolute atomic E-state index is 13.4. The zero-order valence-electron chi connectivity index (χ0n) is 11.5. The molecule has 1 aromatic carbocycles.